The average Bonchev–Trinajstić information content (AvgIpc) is 2.85. The van der Waals surface area contributed by atoms with E-state index in [0.717, 1.165) is 0 Å². The van der Waals surface area contributed by atoms with E-state index in [4.69, 9.17) is 10.5 Å². The summed E-state index contributed by atoms with van der Waals surface area (Å²) in [7, 11) is 6.53. The topological polar surface area (TPSA) is 203 Å². The lowest BCUT2D eigenvalue weighted by Crippen LogP contribution is -2.65. The number of ketones is 2. The summed E-state index contributed by atoms with van der Waals surface area (Å²) in [5.74, 6) is -7.39. The number of nitrogens with zero attached hydrogens (tertiary/aromatic N) is 2. The number of aromatic hydroxyl groups is 1. The van der Waals surface area contributed by atoms with Gasteiger partial charge in [0.1, 0.15) is 17.1 Å². The average molecular weight is 573 g/mol. The Bertz CT molecular complexity index is 1410. The fourth-order valence-electron chi connectivity index (χ4n) is 6.17. The van der Waals surface area contributed by atoms with Gasteiger partial charge in [-0.2, -0.15) is 0 Å². The molecule has 41 heavy (non-hydrogen) atoms. The van der Waals surface area contributed by atoms with Gasteiger partial charge in [0.15, 0.2) is 17.1 Å². The van der Waals surface area contributed by atoms with E-state index in [9.17, 15) is 39.6 Å². The zero-order valence-electron chi connectivity index (χ0n) is 23.8. The number of hydrogen-bond donors (Lipinski definition) is 6. The molecule has 0 aliphatic heterocycles. The van der Waals surface area contributed by atoms with E-state index in [0.29, 0.717) is 11.3 Å². The first-order valence-electron chi connectivity index (χ1n) is 13.2. The smallest absolute Gasteiger partial charge is 0.411 e. The highest BCUT2D eigenvalue weighted by molar-refractivity contribution is 6.24. The maximum absolute atomic E-state index is 14.0. The predicted molar refractivity (Wildman–Crippen MR) is 148 cm³/mol. The molecular weight excluding hydrogens is 536 g/mol. The van der Waals surface area contributed by atoms with Gasteiger partial charge in [-0.3, -0.25) is 24.6 Å². The van der Waals surface area contributed by atoms with Gasteiger partial charge in [0, 0.05) is 31.3 Å². The third kappa shape index (κ3) is 4.58. The third-order valence-corrected chi connectivity index (χ3v) is 7.96. The van der Waals surface area contributed by atoms with Gasteiger partial charge in [0.25, 0.3) is 5.91 Å². The lowest BCUT2D eigenvalue weighted by molar-refractivity contribution is -0.153. The monoisotopic (exact) mass is 572 g/mol. The van der Waals surface area contributed by atoms with E-state index < -0.39 is 69.9 Å². The number of aliphatic hydroxyl groups excluding tert-OH is 2. The summed E-state index contributed by atoms with van der Waals surface area (Å²) in [5.41, 5.74) is 2.24. The summed E-state index contributed by atoms with van der Waals surface area (Å²) in [4.78, 5) is 54.9. The first-order chi connectivity index (χ1) is 19.0. The van der Waals surface area contributed by atoms with Crippen LogP contribution in [0.2, 0.25) is 0 Å². The number of hydrogen-bond acceptors (Lipinski definition) is 11. The number of rotatable bonds is 6. The Morgan fingerprint density at radius 2 is 1.80 bits per heavy atom. The minimum absolute atomic E-state index is 0.0269. The summed E-state index contributed by atoms with van der Waals surface area (Å²) in [5, 5.41) is 47.9. The molecule has 3 aliphatic rings. The van der Waals surface area contributed by atoms with Crippen molar-refractivity contribution in [3.05, 3.63) is 34.1 Å². The van der Waals surface area contributed by atoms with Crippen LogP contribution < -0.4 is 16.0 Å². The molecule has 0 bridgehead atoms. The van der Waals surface area contributed by atoms with Gasteiger partial charge < -0.3 is 35.8 Å². The molecule has 1 fully saturated rings. The molecule has 1 aromatic rings. The van der Waals surface area contributed by atoms with Gasteiger partial charge in [-0.25, -0.2) is 4.79 Å². The highest BCUT2D eigenvalue weighted by Gasteiger charge is 2.64. The number of carbonyl (C=O) groups is 4. The molecule has 0 aromatic heterocycles. The third-order valence-electron chi connectivity index (χ3n) is 7.96. The Balaban J connectivity index is 1.91. The Hall–Kier alpha value is -4.10. The fraction of sp³-hybridized carbons (Fsp3) is 0.500. The summed E-state index contributed by atoms with van der Waals surface area (Å²) in [6.07, 6.45) is -0.741. The zero-order valence-corrected chi connectivity index (χ0v) is 23.8. The Morgan fingerprint density at radius 1 is 1.17 bits per heavy atom. The number of aliphatic hydroxyl groups is 3. The van der Waals surface area contributed by atoms with Crippen molar-refractivity contribution in [2.75, 3.05) is 45.0 Å². The number of phenols is 1. The molecule has 0 unspecified atom stereocenters. The van der Waals surface area contributed by atoms with Crippen LogP contribution >= 0.6 is 0 Å². The Morgan fingerprint density at radius 3 is 2.34 bits per heavy atom. The number of carbonyl (C=O) groups excluding carboxylic acids is 4. The summed E-state index contributed by atoms with van der Waals surface area (Å²) >= 11 is 0. The van der Waals surface area contributed by atoms with Crippen molar-refractivity contribution in [3.63, 3.8) is 0 Å². The lowest BCUT2D eigenvalue weighted by Gasteiger charge is -2.50. The Kier molecular flexibility index (Phi) is 7.56. The van der Waals surface area contributed by atoms with Gasteiger partial charge in [-0.05, 0) is 50.4 Å². The van der Waals surface area contributed by atoms with E-state index in [-0.39, 0.29) is 42.2 Å². The molecule has 4 atom stereocenters. The minimum atomic E-state index is -2.74. The second-order valence-corrected chi connectivity index (χ2v) is 11.6. The molecular formula is C28H36N4O9. The number of nitrogens with two attached hydrogens (primary N) is 1. The highest BCUT2D eigenvalue weighted by Crippen LogP contribution is 2.54. The number of nitrogens with one attached hydrogen (secondary N) is 1. The van der Waals surface area contributed by atoms with Crippen molar-refractivity contribution in [2.24, 2.45) is 23.5 Å². The number of amides is 2. The maximum atomic E-state index is 14.0. The predicted octanol–water partition coefficient (Wildman–Crippen LogP) is 1.23. The highest BCUT2D eigenvalue weighted by atomic mass is 16.5. The van der Waals surface area contributed by atoms with Gasteiger partial charge in [-0.1, -0.05) is 13.8 Å². The van der Waals surface area contributed by atoms with Crippen LogP contribution in [-0.4, -0.2) is 95.3 Å². The fourth-order valence-corrected chi connectivity index (χ4v) is 6.17. The lowest BCUT2D eigenvalue weighted by atomic mass is 9.57. The molecule has 0 radical (unpaired) electrons. The summed E-state index contributed by atoms with van der Waals surface area (Å²) in [6, 6.07) is 0.349. The molecule has 3 aliphatic carbocycles. The van der Waals surface area contributed by atoms with Crippen LogP contribution in [0.1, 0.15) is 31.4 Å². The summed E-state index contributed by atoms with van der Waals surface area (Å²) in [6.45, 7) is 3.84. The van der Waals surface area contributed by atoms with E-state index in [1.165, 1.54) is 25.1 Å². The van der Waals surface area contributed by atoms with Gasteiger partial charge in [0.05, 0.1) is 23.9 Å². The molecule has 7 N–H and O–H groups in total. The standard InChI is InChI=1S/C28H36N4O9/c1-11(2)10-41-27(39)30-15-9-16(31(3)4)13-7-12-8-14-20(32(5)6)23(35)19(26(29)38)25(37)28(14,40)24(36)17(12)22(34)18(13)21(15)33/h9,11-12,14,20,33-34,37,40H,7-8,10H2,1-6H3,(H2,29,38)(H,30,39)/t12-,14-,20-,28-/m1/s1. The molecule has 222 valence electrons. The second kappa shape index (κ2) is 10.4. The van der Waals surface area contributed by atoms with Crippen LogP contribution in [0.25, 0.3) is 5.76 Å². The number of phenolic OH excluding ortho intramolecular Hbond substituents is 1. The van der Waals surface area contributed by atoms with Crippen LogP contribution in [0.15, 0.2) is 23.0 Å². The maximum Gasteiger partial charge on any atom is 0.411 e. The normalized spacial score (nSPS) is 25.6. The molecule has 0 saturated heterocycles. The van der Waals surface area contributed by atoms with Crippen molar-refractivity contribution in [1.29, 1.82) is 0 Å². The van der Waals surface area contributed by atoms with Crippen molar-refractivity contribution in [3.8, 4) is 5.75 Å². The number of anilines is 2. The zero-order chi connectivity index (χ0) is 30.7. The molecule has 1 saturated carbocycles. The first kappa shape index (κ1) is 29.9. The van der Waals surface area contributed by atoms with E-state index >= 15 is 0 Å². The summed E-state index contributed by atoms with van der Waals surface area (Å²) < 4.78 is 5.15. The quantitative estimate of drug-likeness (QED) is 0.211. The van der Waals surface area contributed by atoms with E-state index in [1.54, 1.807) is 19.0 Å². The molecule has 1 aromatic carbocycles. The second-order valence-electron chi connectivity index (χ2n) is 11.6. The Labute approximate surface area is 236 Å². The van der Waals surface area contributed by atoms with Crippen molar-refractivity contribution >= 4 is 40.7 Å². The molecule has 0 spiro atoms. The number of benzene rings is 1. The van der Waals surface area contributed by atoms with Gasteiger partial charge in [-0.15, -0.1) is 0 Å². The molecule has 2 amide bonds. The van der Waals surface area contributed by atoms with Crippen molar-refractivity contribution in [1.82, 2.24) is 4.90 Å². The van der Waals surface area contributed by atoms with Crippen LogP contribution in [0.3, 0.4) is 0 Å². The van der Waals surface area contributed by atoms with Crippen LogP contribution in [0, 0.1) is 17.8 Å². The van der Waals surface area contributed by atoms with E-state index in [2.05, 4.69) is 5.32 Å². The number of primary amides is 1. The largest absolute Gasteiger partial charge is 0.508 e. The number of likely N-dealkylation sites (N-methyl/N-ethyl adjacent to an activating group) is 1. The number of ether oxygens (including phenoxy) is 1. The molecule has 13 heteroatoms. The SMILES string of the molecule is CC(C)COC(=O)Nc1cc(N(C)C)c2c(c1O)C(O)=C1C(=O)[C@@]3(O)C(O)=C(C(N)=O)C(=O)[C@H](N(C)C)[C@H]3C[C@H]1C2. The first-order valence-corrected chi connectivity index (χ1v) is 13.2. The molecule has 0 heterocycles. The van der Waals surface area contributed by atoms with Gasteiger partial charge >= 0.3 is 6.09 Å². The van der Waals surface area contributed by atoms with E-state index in [1.807, 2.05) is 13.8 Å². The van der Waals surface area contributed by atoms with Crippen LogP contribution in [0.4, 0.5) is 16.2 Å². The van der Waals surface area contributed by atoms with Crippen LogP contribution in [0.5, 0.6) is 5.75 Å². The van der Waals surface area contributed by atoms with Gasteiger partial charge in [0.2, 0.25) is 5.78 Å². The minimum Gasteiger partial charge on any atom is -0.508 e. The number of Topliss-reactive ketones (excluding diaryl/α,β-unsaturated/α-hetero) is 2. The van der Waals surface area contributed by atoms with Crippen LogP contribution in [-0.2, 0) is 25.5 Å². The van der Waals surface area contributed by atoms with Crippen molar-refractivity contribution in [2.45, 2.75) is 38.3 Å². The molecule has 4 rings (SSSR count). The molecule has 13 nitrogen and oxygen atoms in total. The van der Waals surface area contributed by atoms with Crippen molar-refractivity contribution < 1.29 is 44.3 Å². The number of fused-ring (bicyclic) bond motifs is 3.